The number of carbonyl (C=O) groups is 1. The fourth-order valence-electron chi connectivity index (χ4n) is 1.26. The smallest absolute Gasteiger partial charge is 0.130 e. The molecule has 0 aliphatic carbocycles. The topological polar surface area (TPSA) is 26.3 Å². The van der Waals surface area contributed by atoms with Crippen molar-refractivity contribution >= 4 is 17.9 Å². The van der Waals surface area contributed by atoms with Crippen LogP contribution in [-0.4, -0.2) is 13.4 Å². The number of hydrogen-bond acceptors (Lipinski definition) is 2. The second kappa shape index (κ2) is 4.01. The van der Waals surface area contributed by atoms with Crippen molar-refractivity contribution in [3.8, 4) is 5.75 Å². The molecule has 14 heavy (non-hydrogen) atoms. The average molecular weight is 213 g/mol. The van der Waals surface area contributed by atoms with E-state index >= 15 is 0 Å². The van der Waals surface area contributed by atoms with Crippen LogP contribution in [0.3, 0.4) is 0 Å². The van der Waals surface area contributed by atoms with E-state index < -0.39 is 5.41 Å². The van der Waals surface area contributed by atoms with Crippen LogP contribution in [0.15, 0.2) is 18.2 Å². The van der Waals surface area contributed by atoms with Crippen molar-refractivity contribution in [1.82, 2.24) is 0 Å². The van der Waals surface area contributed by atoms with Crippen LogP contribution in [-0.2, 0) is 10.2 Å². The third-order valence-electron chi connectivity index (χ3n) is 2.15. The van der Waals surface area contributed by atoms with Crippen LogP contribution in [0.4, 0.5) is 0 Å². The molecule has 76 valence electrons. The van der Waals surface area contributed by atoms with Gasteiger partial charge >= 0.3 is 0 Å². The maximum Gasteiger partial charge on any atom is 0.130 e. The minimum atomic E-state index is -0.546. The van der Waals surface area contributed by atoms with Crippen LogP contribution in [0.1, 0.15) is 19.4 Å². The number of benzene rings is 1. The number of methoxy groups -OCH3 is 1. The molecule has 1 aromatic carbocycles. The second-order valence-corrected chi connectivity index (χ2v) is 4.12. The van der Waals surface area contributed by atoms with E-state index in [2.05, 4.69) is 0 Å². The summed E-state index contributed by atoms with van der Waals surface area (Å²) in [6.07, 6.45) is 0.902. The summed E-state index contributed by atoms with van der Waals surface area (Å²) >= 11 is 5.82. The van der Waals surface area contributed by atoms with E-state index in [0.29, 0.717) is 10.8 Å². The second-order valence-electron chi connectivity index (χ2n) is 3.68. The van der Waals surface area contributed by atoms with E-state index in [1.165, 1.54) is 0 Å². The molecule has 1 aromatic rings. The molecule has 0 saturated heterocycles. The molecule has 0 radical (unpaired) electrons. The third kappa shape index (κ3) is 2.07. The molecular formula is C11H13ClO2. The summed E-state index contributed by atoms with van der Waals surface area (Å²) in [6, 6.07) is 5.28. The molecular weight excluding hydrogens is 200 g/mol. The molecule has 0 aliphatic rings. The fraction of sp³-hybridized carbons (Fsp3) is 0.364. The van der Waals surface area contributed by atoms with Crippen LogP contribution in [0.5, 0.6) is 5.75 Å². The van der Waals surface area contributed by atoms with Gasteiger partial charge in [0.15, 0.2) is 0 Å². The fourth-order valence-corrected chi connectivity index (χ4v) is 1.42. The van der Waals surface area contributed by atoms with Crippen LogP contribution in [0, 0.1) is 0 Å². The van der Waals surface area contributed by atoms with E-state index in [-0.39, 0.29) is 0 Å². The van der Waals surface area contributed by atoms with Crippen molar-refractivity contribution in [2.45, 2.75) is 19.3 Å². The molecule has 0 fully saturated rings. The molecule has 0 atom stereocenters. The van der Waals surface area contributed by atoms with Crippen LogP contribution >= 0.6 is 11.6 Å². The Bertz CT molecular complexity index is 345. The largest absolute Gasteiger partial charge is 0.496 e. The van der Waals surface area contributed by atoms with E-state index in [1.54, 1.807) is 19.2 Å². The highest BCUT2D eigenvalue weighted by molar-refractivity contribution is 6.30. The number of hydrogen-bond donors (Lipinski definition) is 0. The zero-order chi connectivity index (χ0) is 10.8. The standard InChI is InChI=1S/C11H13ClO2/c1-11(2,7-13)9-5-4-8(12)6-10(9)14-3/h4-7H,1-3H3. The highest BCUT2D eigenvalue weighted by atomic mass is 35.5. The summed E-state index contributed by atoms with van der Waals surface area (Å²) in [5.74, 6) is 0.648. The summed E-state index contributed by atoms with van der Waals surface area (Å²) in [6.45, 7) is 3.68. The number of aldehydes is 1. The maximum absolute atomic E-state index is 10.9. The lowest BCUT2D eigenvalue weighted by Crippen LogP contribution is -2.19. The molecule has 0 N–H and O–H groups in total. The molecule has 0 aliphatic heterocycles. The molecule has 0 heterocycles. The lowest BCUT2D eigenvalue weighted by atomic mass is 9.86. The Labute approximate surface area is 88.8 Å². The molecule has 0 spiro atoms. The zero-order valence-electron chi connectivity index (χ0n) is 8.50. The Morgan fingerprint density at radius 2 is 2.07 bits per heavy atom. The summed E-state index contributed by atoms with van der Waals surface area (Å²) in [5.41, 5.74) is 0.301. The van der Waals surface area contributed by atoms with Gasteiger partial charge in [-0.15, -0.1) is 0 Å². The summed E-state index contributed by atoms with van der Waals surface area (Å²) in [5, 5.41) is 0.604. The maximum atomic E-state index is 10.9. The molecule has 3 heteroatoms. The minimum Gasteiger partial charge on any atom is -0.496 e. The lowest BCUT2D eigenvalue weighted by molar-refractivity contribution is -0.111. The first-order valence-electron chi connectivity index (χ1n) is 4.31. The van der Waals surface area contributed by atoms with Gasteiger partial charge in [0.05, 0.1) is 7.11 Å². The van der Waals surface area contributed by atoms with Crippen LogP contribution < -0.4 is 4.74 Å². The summed E-state index contributed by atoms with van der Waals surface area (Å²) < 4.78 is 5.17. The van der Waals surface area contributed by atoms with Gasteiger partial charge in [-0.2, -0.15) is 0 Å². The number of carbonyl (C=O) groups excluding carboxylic acids is 1. The first-order valence-corrected chi connectivity index (χ1v) is 4.69. The average Bonchev–Trinajstić information content (AvgIpc) is 2.17. The monoisotopic (exact) mass is 212 g/mol. The van der Waals surface area contributed by atoms with E-state index in [4.69, 9.17) is 16.3 Å². The Hall–Kier alpha value is -1.02. The van der Waals surface area contributed by atoms with Gasteiger partial charge in [-0.1, -0.05) is 17.7 Å². The first kappa shape index (κ1) is 11.1. The first-order chi connectivity index (χ1) is 6.51. The molecule has 0 amide bonds. The summed E-state index contributed by atoms with van der Waals surface area (Å²) in [4.78, 5) is 10.9. The number of halogens is 1. The van der Waals surface area contributed by atoms with Gasteiger partial charge in [-0.3, -0.25) is 0 Å². The van der Waals surface area contributed by atoms with Crippen molar-refractivity contribution in [2.75, 3.05) is 7.11 Å². The van der Waals surface area contributed by atoms with Gasteiger partial charge in [0.2, 0.25) is 0 Å². The van der Waals surface area contributed by atoms with Crippen molar-refractivity contribution in [3.05, 3.63) is 28.8 Å². The van der Waals surface area contributed by atoms with E-state index in [1.807, 2.05) is 19.9 Å². The highest BCUT2D eigenvalue weighted by Gasteiger charge is 2.23. The highest BCUT2D eigenvalue weighted by Crippen LogP contribution is 2.32. The third-order valence-corrected chi connectivity index (χ3v) is 2.39. The Balaban J connectivity index is 3.27. The number of ether oxygens (including phenoxy) is 1. The van der Waals surface area contributed by atoms with Gasteiger partial charge in [-0.05, 0) is 26.0 Å². The van der Waals surface area contributed by atoms with E-state index in [0.717, 1.165) is 11.8 Å². The molecule has 2 nitrogen and oxygen atoms in total. The molecule has 1 rings (SSSR count). The van der Waals surface area contributed by atoms with Crippen molar-refractivity contribution in [1.29, 1.82) is 0 Å². The van der Waals surface area contributed by atoms with Crippen molar-refractivity contribution < 1.29 is 9.53 Å². The molecule has 0 saturated carbocycles. The van der Waals surface area contributed by atoms with Gasteiger partial charge in [0.25, 0.3) is 0 Å². The normalized spacial score (nSPS) is 11.1. The van der Waals surface area contributed by atoms with Crippen molar-refractivity contribution in [2.24, 2.45) is 0 Å². The Morgan fingerprint density at radius 1 is 1.43 bits per heavy atom. The minimum absolute atomic E-state index is 0.546. The van der Waals surface area contributed by atoms with Gasteiger partial charge < -0.3 is 9.53 Å². The predicted octanol–water partition coefficient (Wildman–Crippen LogP) is 2.83. The van der Waals surface area contributed by atoms with Gasteiger partial charge in [-0.25, -0.2) is 0 Å². The van der Waals surface area contributed by atoms with Crippen molar-refractivity contribution in [3.63, 3.8) is 0 Å². The summed E-state index contributed by atoms with van der Waals surface area (Å²) in [7, 11) is 1.57. The van der Waals surface area contributed by atoms with Crippen LogP contribution in [0.2, 0.25) is 5.02 Å². The quantitative estimate of drug-likeness (QED) is 0.721. The lowest BCUT2D eigenvalue weighted by Gasteiger charge is -2.20. The number of rotatable bonds is 3. The molecule has 0 bridgehead atoms. The molecule has 0 aromatic heterocycles. The predicted molar refractivity (Wildman–Crippen MR) is 57.1 cm³/mol. The van der Waals surface area contributed by atoms with E-state index in [9.17, 15) is 4.79 Å². The molecule has 0 unspecified atom stereocenters. The Morgan fingerprint density at radius 3 is 2.57 bits per heavy atom. The zero-order valence-corrected chi connectivity index (χ0v) is 9.26. The van der Waals surface area contributed by atoms with Crippen LogP contribution in [0.25, 0.3) is 0 Å². The Kier molecular flexibility index (Phi) is 3.17. The van der Waals surface area contributed by atoms with Gasteiger partial charge in [0.1, 0.15) is 12.0 Å². The van der Waals surface area contributed by atoms with Gasteiger partial charge in [0, 0.05) is 16.0 Å². The SMILES string of the molecule is COc1cc(Cl)ccc1C(C)(C)C=O.